The first-order chi connectivity index (χ1) is 25.2. The molecule has 0 bridgehead atoms. The van der Waals surface area contributed by atoms with E-state index < -0.39 is 5.79 Å². The van der Waals surface area contributed by atoms with Crippen LogP contribution in [0.5, 0.6) is 11.5 Å². The average Bonchev–Trinajstić information content (AvgIpc) is 3.79. The Morgan fingerprint density at radius 2 is 2.00 bits per heavy atom. The van der Waals surface area contributed by atoms with Crippen molar-refractivity contribution >= 4 is 34.1 Å². The van der Waals surface area contributed by atoms with E-state index in [2.05, 4.69) is 62.7 Å². The number of rotatable bonds is 8. The molecule has 4 aromatic rings. The van der Waals surface area contributed by atoms with E-state index in [9.17, 15) is 4.79 Å². The molecule has 3 N–H and O–H groups in total. The van der Waals surface area contributed by atoms with Crippen molar-refractivity contribution in [1.82, 2.24) is 35.6 Å². The molecule has 12 heteroatoms. The van der Waals surface area contributed by atoms with Gasteiger partial charge < -0.3 is 24.1 Å². The Hall–Kier alpha value is -4.00. The van der Waals surface area contributed by atoms with E-state index in [4.69, 9.17) is 30.8 Å². The fourth-order valence-corrected chi connectivity index (χ4v) is 8.89. The zero-order valence-electron chi connectivity index (χ0n) is 29.9. The molecule has 2 aromatic heterocycles. The Labute approximate surface area is 309 Å². The molecule has 1 aliphatic carbocycles. The van der Waals surface area contributed by atoms with E-state index >= 15 is 0 Å². The summed E-state index contributed by atoms with van der Waals surface area (Å²) in [5.41, 5.74) is 12.3. The van der Waals surface area contributed by atoms with Gasteiger partial charge in [0.2, 0.25) is 0 Å². The number of imidazole rings is 1. The Bertz CT molecular complexity index is 2030. The number of ether oxygens (including phenoxy) is 3. The van der Waals surface area contributed by atoms with Gasteiger partial charge >= 0.3 is 0 Å². The summed E-state index contributed by atoms with van der Waals surface area (Å²) in [6.07, 6.45) is 7.93. The number of pyridine rings is 1. The van der Waals surface area contributed by atoms with Gasteiger partial charge in [-0.15, -0.1) is 0 Å². The van der Waals surface area contributed by atoms with Crippen LogP contribution in [0.3, 0.4) is 0 Å². The van der Waals surface area contributed by atoms with Crippen LogP contribution in [0.2, 0.25) is 5.02 Å². The molecule has 2 saturated heterocycles. The monoisotopic (exact) mass is 723 g/mol. The van der Waals surface area contributed by atoms with Gasteiger partial charge in [0.1, 0.15) is 11.5 Å². The van der Waals surface area contributed by atoms with Crippen LogP contribution in [0.15, 0.2) is 60.8 Å². The van der Waals surface area contributed by atoms with Crippen molar-refractivity contribution in [3.63, 3.8) is 0 Å². The largest absolute Gasteiger partial charge is 0.443 e. The summed E-state index contributed by atoms with van der Waals surface area (Å²) >= 11 is 6.09. The first kappa shape index (κ1) is 33.8. The molecule has 9 rings (SSSR count). The third kappa shape index (κ3) is 6.26. The summed E-state index contributed by atoms with van der Waals surface area (Å²) in [4.78, 5) is 25.6. The molecule has 52 heavy (non-hydrogen) atoms. The zero-order valence-corrected chi connectivity index (χ0v) is 30.7. The number of amides is 1. The second-order valence-corrected chi connectivity index (χ2v) is 15.8. The van der Waals surface area contributed by atoms with Gasteiger partial charge in [0.15, 0.2) is 11.5 Å². The van der Waals surface area contributed by atoms with Crippen molar-refractivity contribution in [2.24, 2.45) is 11.8 Å². The first-order valence-corrected chi connectivity index (χ1v) is 19.1. The number of hydrogen-bond acceptors (Lipinski definition) is 9. The van der Waals surface area contributed by atoms with Crippen LogP contribution >= 0.6 is 11.6 Å². The predicted octanol–water partition coefficient (Wildman–Crippen LogP) is 5.82. The Morgan fingerprint density at radius 1 is 1.12 bits per heavy atom. The van der Waals surface area contributed by atoms with Gasteiger partial charge in [0.05, 0.1) is 35.2 Å². The third-order valence-electron chi connectivity index (χ3n) is 11.8. The number of carbonyl (C=O) groups is 1. The molecule has 4 aliphatic heterocycles. The minimum Gasteiger partial charge on any atom is -0.443 e. The summed E-state index contributed by atoms with van der Waals surface area (Å²) in [6.45, 7) is 10.3. The average molecular weight is 724 g/mol. The van der Waals surface area contributed by atoms with Crippen LogP contribution in [0.25, 0.3) is 16.6 Å². The molecule has 7 atom stereocenters. The van der Waals surface area contributed by atoms with E-state index in [1.807, 2.05) is 37.3 Å². The molecule has 272 valence electrons. The molecule has 0 spiro atoms. The number of hydrogen-bond donors (Lipinski definition) is 3. The lowest BCUT2D eigenvalue weighted by Gasteiger charge is -2.37. The highest BCUT2D eigenvalue weighted by Gasteiger charge is 2.43. The lowest BCUT2D eigenvalue weighted by Crippen LogP contribution is -2.48. The number of para-hydroxylation sites is 1. The van der Waals surface area contributed by atoms with Gasteiger partial charge in [-0.2, -0.15) is 0 Å². The van der Waals surface area contributed by atoms with E-state index in [0.29, 0.717) is 52.5 Å². The first-order valence-electron chi connectivity index (χ1n) is 18.7. The lowest BCUT2D eigenvalue weighted by atomic mass is 9.74. The summed E-state index contributed by atoms with van der Waals surface area (Å²) < 4.78 is 20.9. The maximum Gasteiger partial charge on any atom is 0.292 e. The molecule has 0 radical (unpaired) electrons. The molecule has 6 heterocycles. The van der Waals surface area contributed by atoms with Crippen LogP contribution < -0.4 is 25.6 Å². The minimum absolute atomic E-state index is 0.0252. The number of halogens is 1. The highest BCUT2D eigenvalue weighted by Crippen LogP contribution is 2.48. The highest BCUT2D eigenvalue weighted by atomic mass is 35.5. The van der Waals surface area contributed by atoms with E-state index in [-0.39, 0.29) is 18.1 Å². The molecule has 3 fully saturated rings. The summed E-state index contributed by atoms with van der Waals surface area (Å²) in [5.74, 6) is 2.38. The Morgan fingerprint density at radius 3 is 2.77 bits per heavy atom. The maximum absolute atomic E-state index is 13.6. The smallest absolute Gasteiger partial charge is 0.292 e. The third-order valence-corrected chi connectivity index (χ3v) is 12.0. The Kier molecular flexibility index (Phi) is 8.74. The van der Waals surface area contributed by atoms with Crippen LogP contribution in [0.1, 0.15) is 73.9 Å². The van der Waals surface area contributed by atoms with Crippen LogP contribution in [-0.4, -0.2) is 69.3 Å². The number of hydrazine groups is 1. The van der Waals surface area contributed by atoms with Gasteiger partial charge in [-0.25, -0.2) is 4.98 Å². The number of aromatic nitrogens is 3. The molecule has 1 amide bonds. The lowest BCUT2D eigenvalue weighted by molar-refractivity contribution is -0.0718. The maximum atomic E-state index is 13.6. The van der Waals surface area contributed by atoms with Crippen molar-refractivity contribution in [3.8, 4) is 11.5 Å². The fourth-order valence-electron chi connectivity index (χ4n) is 8.78. The number of carbonyl (C=O) groups excluding carboxylic acids is 1. The standard InChI is InChI=1S/C40H46ClN7O4/c1-23-17-28(19-31-24(2)45-46-37(23)31)43-39(49)26-7-9-33-32(18-26)44-36(48(33)21-29-13-16-50-29)22-47-14-11-25(12-15-47)30-5-4-6-34-38(30)52-40(3,51-34)35-10-8-27(41)20-42-35/h4-11,18,20,23-24,28-29,31,37,45-46H,12-17,19,21-22H2,1-3H3,(H,43,49)/t23?,24?,28?,29?,31?,37?,40-/m1/s1. The topological polar surface area (TPSA) is 115 Å². The second kappa shape index (κ2) is 13.4. The predicted molar refractivity (Wildman–Crippen MR) is 199 cm³/mol. The number of nitrogens with zero attached hydrogens (tertiary/aromatic N) is 4. The molecular formula is C40H46ClN7O4. The molecule has 1 saturated carbocycles. The van der Waals surface area contributed by atoms with Crippen molar-refractivity contribution in [2.75, 3.05) is 19.7 Å². The van der Waals surface area contributed by atoms with E-state index in [0.717, 1.165) is 80.1 Å². The van der Waals surface area contributed by atoms with Gasteiger partial charge in [-0.3, -0.25) is 25.5 Å². The number of benzene rings is 2. The highest BCUT2D eigenvalue weighted by molar-refractivity contribution is 6.30. The fraction of sp³-hybridized carbons (Fsp3) is 0.475. The summed E-state index contributed by atoms with van der Waals surface area (Å²) in [6, 6.07) is 16.7. The van der Waals surface area contributed by atoms with Crippen molar-refractivity contribution < 1.29 is 19.0 Å². The van der Waals surface area contributed by atoms with Crippen LogP contribution in [0.4, 0.5) is 0 Å². The number of nitrogens with one attached hydrogen (secondary N) is 3. The molecule has 6 unspecified atom stereocenters. The molecule has 11 nitrogen and oxygen atoms in total. The van der Waals surface area contributed by atoms with Gasteiger partial charge in [-0.05, 0) is 86.4 Å². The van der Waals surface area contributed by atoms with Gasteiger partial charge in [-0.1, -0.05) is 36.7 Å². The number of fused-ring (bicyclic) bond motifs is 3. The van der Waals surface area contributed by atoms with E-state index in [1.165, 1.54) is 5.57 Å². The van der Waals surface area contributed by atoms with E-state index in [1.54, 1.807) is 12.3 Å². The van der Waals surface area contributed by atoms with Gasteiger partial charge in [0.25, 0.3) is 11.7 Å². The molecule has 2 aromatic carbocycles. The van der Waals surface area contributed by atoms with Crippen LogP contribution in [-0.2, 0) is 23.6 Å². The van der Waals surface area contributed by atoms with Crippen LogP contribution in [0, 0.1) is 11.8 Å². The normalized spacial score (nSPS) is 29.8. The van der Waals surface area contributed by atoms with Gasteiger partial charge in [0, 0.05) is 62.1 Å². The Balaban J connectivity index is 0.911. The van der Waals surface area contributed by atoms with Crippen molar-refractivity contribution in [1.29, 1.82) is 0 Å². The SMILES string of the molecule is CC1CC(NC(=O)c2ccc3c(c2)nc(CN2CC=C(c4cccc5c4O[C@](C)(c4ccc(Cl)cn4)O5)CC2)n3CC2CCO2)CC2C(C)NNC12. The molecular weight excluding hydrogens is 678 g/mol. The minimum atomic E-state index is -1.03. The molecule has 5 aliphatic rings. The zero-order chi connectivity index (χ0) is 35.6. The van der Waals surface area contributed by atoms with Crippen molar-refractivity contribution in [2.45, 2.75) is 89.6 Å². The summed E-state index contributed by atoms with van der Waals surface area (Å²) in [5, 5.41) is 3.93. The van der Waals surface area contributed by atoms with Crippen molar-refractivity contribution in [3.05, 3.63) is 88.5 Å². The second-order valence-electron chi connectivity index (χ2n) is 15.4. The summed E-state index contributed by atoms with van der Waals surface area (Å²) in [7, 11) is 0. The quantitative estimate of drug-likeness (QED) is 0.207.